The monoisotopic (exact) mass is 945 g/mol. The van der Waals surface area contributed by atoms with Crippen molar-refractivity contribution in [2.75, 3.05) is 0 Å². The number of aryl methyl sites for hydroxylation is 1. The molecular formula is C44H36ClF8N7O4S. The fourth-order valence-electron chi connectivity index (χ4n) is 8.90. The molecule has 0 amide bonds. The molecule has 4 heterocycles. The number of hydrogen-bond donors (Lipinski definition) is 0. The largest absolute Gasteiger partial charge is 0.419 e. The molecule has 2 aromatic carbocycles. The van der Waals surface area contributed by atoms with Crippen LogP contribution in [0.15, 0.2) is 46.9 Å². The zero-order valence-corrected chi connectivity index (χ0v) is 36.1. The molecule has 0 saturated heterocycles. The summed E-state index contributed by atoms with van der Waals surface area (Å²) >= 11 is 6.76. The van der Waals surface area contributed by atoms with Crippen LogP contribution in [0, 0.1) is 29.4 Å². The van der Waals surface area contributed by atoms with E-state index in [1.54, 1.807) is 19.2 Å². The molecule has 3 aliphatic rings. The fraction of sp³-hybridized carbons (Fsp3) is 0.409. The molecular weight excluding hydrogens is 910 g/mol. The number of carbonyl (C=O) groups excluding carboxylic acids is 1. The average molecular weight is 946 g/mol. The first kappa shape index (κ1) is 44.5. The minimum absolute atomic E-state index is 0.00963. The van der Waals surface area contributed by atoms with Gasteiger partial charge in [0, 0.05) is 53.4 Å². The van der Waals surface area contributed by atoms with Gasteiger partial charge >= 0.3 is 6.43 Å². The predicted octanol–water partition coefficient (Wildman–Crippen LogP) is 9.51. The van der Waals surface area contributed by atoms with E-state index in [1.165, 1.54) is 30.7 Å². The van der Waals surface area contributed by atoms with E-state index in [9.17, 15) is 39.6 Å². The lowest BCUT2D eigenvalue weighted by Gasteiger charge is -2.22. The highest BCUT2D eigenvalue weighted by Crippen LogP contribution is 2.68. The third-order valence-electron chi connectivity index (χ3n) is 12.1. The van der Waals surface area contributed by atoms with Crippen LogP contribution in [0.1, 0.15) is 116 Å². The molecule has 21 heteroatoms. The van der Waals surface area contributed by atoms with Crippen molar-refractivity contribution in [3.8, 4) is 23.0 Å². The summed E-state index contributed by atoms with van der Waals surface area (Å²) in [6.07, 6.45) is -6.24. The molecule has 0 spiro atoms. The Morgan fingerprint density at radius 1 is 0.985 bits per heavy atom. The van der Waals surface area contributed by atoms with Gasteiger partial charge in [0.2, 0.25) is 5.89 Å². The van der Waals surface area contributed by atoms with Crippen molar-refractivity contribution >= 4 is 38.1 Å². The molecule has 0 unspecified atom stereocenters. The van der Waals surface area contributed by atoms with Gasteiger partial charge in [-0.3, -0.25) is 14.2 Å². The van der Waals surface area contributed by atoms with Crippen LogP contribution in [-0.2, 0) is 47.0 Å². The van der Waals surface area contributed by atoms with Gasteiger partial charge in [0.05, 0.1) is 33.6 Å². The summed E-state index contributed by atoms with van der Waals surface area (Å²) in [6, 6.07) is 8.96. The van der Waals surface area contributed by atoms with E-state index < -0.39 is 104 Å². The van der Waals surface area contributed by atoms with Crippen LogP contribution >= 0.6 is 11.6 Å². The summed E-state index contributed by atoms with van der Waals surface area (Å²) in [5, 5.41) is 15.4. The number of pyridine rings is 1. The first-order valence-corrected chi connectivity index (χ1v) is 22.3. The molecule has 0 N–H and O–H groups in total. The Hall–Kier alpha value is -5.68. The van der Waals surface area contributed by atoms with E-state index in [0.29, 0.717) is 45.6 Å². The molecule has 0 radical (unpaired) electrons. The summed E-state index contributed by atoms with van der Waals surface area (Å²) in [4.78, 5) is 19.1. The van der Waals surface area contributed by atoms with E-state index in [4.69, 9.17) is 21.0 Å². The van der Waals surface area contributed by atoms with Gasteiger partial charge in [-0.2, -0.15) is 27.8 Å². The molecule has 6 aromatic rings. The minimum atomic E-state index is -3.68. The van der Waals surface area contributed by atoms with Gasteiger partial charge in [-0.05, 0) is 87.3 Å². The Kier molecular flexibility index (Phi) is 11.0. The van der Waals surface area contributed by atoms with E-state index in [-0.39, 0.29) is 58.4 Å². The van der Waals surface area contributed by atoms with Crippen molar-refractivity contribution in [1.82, 2.24) is 34.7 Å². The second-order valence-corrected chi connectivity index (χ2v) is 20.3. The van der Waals surface area contributed by atoms with Crippen molar-refractivity contribution in [3.05, 3.63) is 110 Å². The van der Waals surface area contributed by atoms with Gasteiger partial charge in [0.1, 0.15) is 40.0 Å². The van der Waals surface area contributed by atoms with Crippen LogP contribution in [0.25, 0.3) is 22.0 Å². The van der Waals surface area contributed by atoms with Crippen LogP contribution in [0.2, 0.25) is 5.02 Å². The second-order valence-electron chi connectivity index (χ2n) is 17.1. The standard InChI is InChI=1S/C44H36ClF8N7O4S/c1-43(2,65(62,63)26-5-6-26)11-10-24-4-7-27(28-8-9-31(45)35-32(57-59(3)38(28)35)18-33-55-56-42(64-33)41(50)51)36(54-24)21(12-20-13-22(46)16-23(47)14-20)15-25(61)19-60-39-34(37(58-60)40(48)49)29-17-30(29)44(39,52)53/h4,7-9,13-14,16,21,26,29-30,40-41H,5-6,12,15,17-19H2,1-3H3/t21-,29+,30-/m1/s1. The second kappa shape index (κ2) is 16.0. The van der Waals surface area contributed by atoms with Crippen LogP contribution < -0.4 is 0 Å². The van der Waals surface area contributed by atoms with Gasteiger partial charge < -0.3 is 4.42 Å². The lowest BCUT2D eigenvalue weighted by atomic mass is 9.86. The SMILES string of the molecule is Cn1nc(Cc2nnc(C(F)F)o2)c2c(Cl)ccc(-c3ccc(C#CC(C)(C)S(=O)(=O)C4CC4)nc3[C@@H](CC(=O)Cn3nc(C(F)F)c4c3C(F)(F)[C@@H]3C[C@H]43)Cc3cc(F)cc(F)c3)c21. The summed E-state index contributed by atoms with van der Waals surface area (Å²) in [5.41, 5.74) is -0.310. The highest BCUT2D eigenvalue weighted by molar-refractivity contribution is 7.93. The zero-order valence-electron chi connectivity index (χ0n) is 34.5. The van der Waals surface area contributed by atoms with Gasteiger partial charge in [-0.25, -0.2) is 31.0 Å². The highest BCUT2D eigenvalue weighted by Gasteiger charge is 2.67. The quantitative estimate of drug-likeness (QED) is 0.0772. The summed E-state index contributed by atoms with van der Waals surface area (Å²) in [5.74, 6) is -4.69. The summed E-state index contributed by atoms with van der Waals surface area (Å²) in [6.45, 7) is 2.09. The lowest BCUT2D eigenvalue weighted by Crippen LogP contribution is -2.33. The highest BCUT2D eigenvalue weighted by atomic mass is 35.5. The Morgan fingerprint density at radius 2 is 1.69 bits per heavy atom. The number of fused-ring (bicyclic) bond motifs is 4. The first-order chi connectivity index (χ1) is 30.6. The molecule has 9 rings (SSSR count). The van der Waals surface area contributed by atoms with Crippen LogP contribution in [-0.4, -0.2) is 58.9 Å². The van der Waals surface area contributed by atoms with Crippen molar-refractivity contribution in [1.29, 1.82) is 0 Å². The smallest absolute Gasteiger partial charge is 0.314 e. The van der Waals surface area contributed by atoms with Crippen LogP contribution in [0.4, 0.5) is 35.1 Å². The number of alkyl halides is 6. The molecule has 3 aliphatic carbocycles. The predicted molar refractivity (Wildman–Crippen MR) is 218 cm³/mol. The molecule has 3 atom stereocenters. The molecule has 2 fully saturated rings. The molecule has 4 aromatic heterocycles. The molecule has 2 saturated carbocycles. The number of ketones is 1. The number of aromatic nitrogens is 7. The van der Waals surface area contributed by atoms with Crippen molar-refractivity contribution in [2.45, 2.75) is 99.5 Å². The third-order valence-corrected chi connectivity index (χ3v) is 15.3. The summed E-state index contributed by atoms with van der Waals surface area (Å²) in [7, 11) is -2.11. The Labute approximate surface area is 370 Å². The molecule has 340 valence electrons. The Balaban J connectivity index is 1.18. The van der Waals surface area contributed by atoms with Crippen molar-refractivity contribution in [2.24, 2.45) is 13.0 Å². The van der Waals surface area contributed by atoms with Crippen LogP contribution in [0.5, 0.6) is 0 Å². The van der Waals surface area contributed by atoms with Crippen molar-refractivity contribution < 1.29 is 52.8 Å². The van der Waals surface area contributed by atoms with Gasteiger partial charge in [-0.15, -0.1) is 10.2 Å². The number of nitrogens with zero attached hydrogens (tertiary/aromatic N) is 7. The normalized spacial score (nSPS) is 18.2. The number of rotatable bonds is 14. The molecule has 0 bridgehead atoms. The van der Waals surface area contributed by atoms with E-state index in [0.717, 1.165) is 12.1 Å². The number of hydrogen-bond acceptors (Lipinski definition) is 9. The minimum Gasteiger partial charge on any atom is -0.419 e. The lowest BCUT2D eigenvalue weighted by molar-refractivity contribution is -0.120. The van der Waals surface area contributed by atoms with E-state index >= 15 is 8.78 Å². The zero-order chi connectivity index (χ0) is 46.5. The molecule has 11 nitrogen and oxygen atoms in total. The van der Waals surface area contributed by atoms with Gasteiger partial charge in [0.25, 0.3) is 18.2 Å². The maximum atomic E-state index is 15.6. The van der Waals surface area contributed by atoms with E-state index in [1.807, 2.05) is 0 Å². The molecule has 65 heavy (non-hydrogen) atoms. The topological polar surface area (TPSA) is 139 Å². The first-order valence-electron chi connectivity index (χ1n) is 20.4. The Morgan fingerprint density at radius 3 is 2.35 bits per heavy atom. The third kappa shape index (κ3) is 8.08. The maximum Gasteiger partial charge on any atom is 0.314 e. The van der Waals surface area contributed by atoms with Gasteiger partial charge in [0.15, 0.2) is 15.6 Å². The number of sulfone groups is 1. The number of halogens is 9. The Bertz CT molecular complexity index is 3080. The number of benzene rings is 2. The summed E-state index contributed by atoms with van der Waals surface area (Å²) < 4.78 is 148. The number of Topliss-reactive ketones (excluding diaryl/α,β-unsaturated/α-hetero) is 1. The average Bonchev–Trinajstić information content (AvgIpc) is 4.11. The fourth-order valence-corrected chi connectivity index (χ4v) is 10.9. The molecule has 0 aliphatic heterocycles. The van der Waals surface area contributed by atoms with Gasteiger partial charge in [-0.1, -0.05) is 23.6 Å². The van der Waals surface area contributed by atoms with Crippen molar-refractivity contribution in [3.63, 3.8) is 0 Å². The van der Waals surface area contributed by atoms with E-state index in [2.05, 4.69) is 32.2 Å². The van der Waals surface area contributed by atoms with Crippen LogP contribution in [0.3, 0.4) is 0 Å². The maximum absolute atomic E-state index is 15.6. The number of carbonyl (C=O) groups is 1.